The maximum atomic E-state index is 11.7. The summed E-state index contributed by atoms with van der Waals surface area (Å²) in [5.41, 5.74) is 7.08. The first kappa shape index (κ1) is 14.1. The highest BCUT2D eigenvalue weighted by molar-refractivity contribution is 7.17. The molecule has 104 valence electrons. The van der Waals surface area contributed by atoms with Crippen molar-refractivity contribution in [2.75, 3.05) is 5.32 Å². The lowest BCUT2D eigenvalue weighted by molar-refractivity contribution is -0.116. The zero-order chi connectivity index (χ0) is 14.0. The number of rotatable bonds is 4. The van der Waals surface area contributed by atoms with Gasteiger partial charge >= 0.3 is 0 Å². The maximum absolute atomic E-state index is 11.7. The summed E-state index contributed by atoms with van der Waals surface area (Å²) in [6, 6.07) is 0. The molecule has 0 aliphatic heterocycles. The van der Waals surface area contributed by atoms with Crippen LogP contribution in [0.4, 0.5) is 5.00 Å². The van der Waals surface area contributed by atoms with E-state index in [1.54, 1.807) is 0 Å². The lowest BCUT2D eigenvalue weighted by Gasteiger charge is -2.18. The number of hydrogen-bond donors (Lipinski definition) is 2. The van der Waals surface area contributed by atoms with E-state index in [9.17, 15) is 9.59 Å². The predicted molar refractivity (Wildman–Crippen MR) is 77.6 cm³/mol. The highest BCUT2D eigenvalue weighted by atomic mass is 32.1. The number of nitrogens with two attached hydrogens (primary N) is 1. The molecule has 19 heavy (non-hydrogen) atoms. The van der Waals surface area contributed by atoms with Gasteiger partial charge in [0, 0.05) is 11.3 Å². The van der Waals surface area contributed by atoms with Crippen molar-refractivity contribution >= 4 is 28.2 Å². The highest BCUT2D eigenvalue weighted by Crippen LogP contribution is 2.39. The van der Waals surface area contributed by atoms with Gasteiger partial charge in [-0.2, -0.15) is 0 Å². The highest BCUT2D eigenvalue weighted by Gasteiger charge is 2.26. The molecule has 0 radical (unpaired) electrons. The fourth-order valence-electron chi connectivity index (χ4n) is 2.52. The number of primary amides is 1. The molecule has 3 N–H and O–H groups in total. The minimum Gasteiger partial charge on any atom is -0.365 e. The van der Waals surface area contributed by atoms with Gasteiger partial charge in [-0.15, -0.1) is 11.3 Å². The van der Waals surface area contributed by atoms with Gasteiger partial charge in [-0.25, -0.2) is 0 Å². The first-order valence-electron chi connectivity index (χ1n) is 6.77. The Balaban J connectivity index is 2.32. The summed E-state index contributed by atoms with van der Waals surface area (Å²) in [6.07, 6.45) is 4.20. The lowest BCUT2D eigenvalue weighted by Crippen LogP contribution is -2.19. The predicted octanol–water partition coefficient (Wildman–Crippen LogP) is 2.71. The Kier molecular flexibility index (Phi) is 4.24. The molecule has 5 heteroatoms. The summed E-state index contributed by atoms with van der Waals surface area (Å²) < 4.78 is 0. The van der Waals surface area contributed by atoms with Crippen molar-refractivity contribution in [3.8, 4) is 0 Å². The largest absolute Gasteiger partial charge is 0.365 e. The first-order valence-corrected chi connectivity index (χ1v) is 7.58. The number of carbonyl (C=O) groups is 2. The van der Waals surface area contributed by atoms with Crippen LogP contribution in [-0.2, 0) is 17.6 Å². The number of fused-ring (bicyclic) bond motifs is 1. The number of nitrogens with one attached hydrogen (secondary N) is 1. The van der Waals surface area contributed by atoms with E-state index in [0.29, 0.717) is 22.9 Å². The van der Waals surface area contributed by atoms with E-state index >= 15 is 0 Å². The van der Waals surface area contributed by atoms with Crippen molar-refractivity contribution < 1.29 is 9.59 Å². The second-order valence-electron chi connectivity index (χ2n) is 5.22. The Morgan fingerprint density at radius 3 is 2.84 bits per heavy atom. The quantitative estimate of drug-likeness (QED) is 0.890. The van der Waals surface area contributed by atoms with Crippen LogP contribution >= 0.6 is 11.3 Å². The molecule has 0 bridgehead atoms. The standard InChI is InChI=1S/C14H20N2O2S/c1-3-4-11(17)16-14-12(13(15)18)9-6-5-8(2)7-10(9)19-14/h8H,3-7H2,1-2H3,(H2,15,18)(H,16,17)/t8-/m0/s1. The molecule has 1 aromatic rings. The second-order valence-corrected chi connectivity index (χ2v) is 6.32. The van der Waals surface area contributed by atoms with Crippen LogP contribution in [0.5, 0.6) is 0 Å². The molecule has 0 aromatic carbocycles. The molecule has 4 nitrogen and oxygen atoms in total. The average molecular weight is 280 g/mol. The summed E-state index contributed by atoms with van der Waals surface area (Å²) in [7, 11) is 0. The van der Waals surface area contributed by atoms with Crippen LogP contribution in [0.2, 0.25) is 0 Å². The lowest BCUT2D eigenvalue weighted by atomic mass is 9.88. The van der Waals surface area contributed by atoms with E-state index in [1.165, 1.54) is 16.2 Å². The number of carbonyl (C=O) groups excluding carboxylic acids is 2. The summed E-state index contributed by atoms with van der Waals surface area (Å²) in [5, 5.41) is 3.49. The molecule has 2 amide bonds. The molecule has 0 saturated heterocycles. The van der Waals surface area contributed by atoms with E-state index < -0.39 is 5.91 Å². The molecule has 0 spiro atoms. The van der Waals surface area contributed by atoms with E-state index in [1.807, 2.05) is 6.92 Å². The van der Waals surface area contributed by atoms with Crippen LogP contribution < -0.4 is 11.1 Å². The van der Waals surface area contributed by atoms with Crippen molar-refractivity contribution in [1.82, 2.24) is 0 Å². The Bertz CT molecular complexity index is 508. The number of anilines is 1. The molecule has 0 fully saturated rings. The molecule has 1 aliphatic rings. The summed E-state index contributed by atoms with van der Waals surface area (Å²) >= 11 is 1.52. The molecule has 1 atom stereocenters. The Morgan fingerprint density at radius 1 is 1.47 bits per heavy atom. The van der Waals surface area contributed by atoms with Gasteiger partial charge in [0.15, 0.2) is 0 Å². The Labute approximate surface area is 117 Å². The van der Waals surface area contributed by atoms with Crippen molar-refractivity contribution in [2.45, 2.75) is 46.0 Å². The van der Waals surface area contributed by atoms with Crippen molar-refractivity contribution in [1.29, 1.82) is 0 Å². The van der Waals surface area contributed by atoms with Gasteiger partial charge in [0.05, 0.1) is 5.56 Å². The van der Waals surface area contributed by atoms with Gasteiger partial charge in [-0.3, -0.25) is 9.59 Å². The monoisotopic (exact) mass is 280 g/mol. The molecule has 0 unspecified atom stereocenters. The topological polar surface area (TPSA) is 72.2 Å². The van der Waals surface area contributed by atoms with E-state index in [0.717, 1.165) is 31.2 Å². The van der Waals surface area contributed by atoms with E-state index in [4.69, 9.17) is 5.73 Å². The van der Waals surface area contributed by atoms with Crippen LogP contribution in [0.25, 0.3) is 0 Å². The zero-order valence-corrected chi connectivity index (χ0v) is 12.2. The molecule has 0 saturated carbocycles. The van der Waals surface area contributed by atoms with E-state index in [2.05, 4.69) is 12.2 Å². The second kappa shape index (κ2) is 5.74. The first-order chi connectivity index (χ1) is 9.02. The number of hydrogen-bond acceptors (Lipinski definition) is 3. The van der Waals surface area contributed by atoms with Crippen LogP contribution in [0.3, 0.4) is 0 Å². The van der Waals surface area contributed by atoms with Crippen LogP contribution in [0.15, 0.2) is 0 Å². The third-order valence-electron chi connectivity index (χ3n) is 3.49. The Morgan fingerprint density at radius 2 is 2.21 bits per heavy atom. The zero-order valence-electron chi connectivity index (χ0n) is 11.4. The molecule has 1 aliphatic carbocycles. The van der Waals surface area contributed by atoms with Crippen LogP contribution in [0, 0.1) is 5.92 Å². The number of thiophene rings is 1. The fraction of sp³-hybridized carbons (Fsp3) is 0.571. The number of amides is 2. The smallest absolute Gasteiger partial charge is 0.251 e. The molecular weight excluding hydrogens is 260 g/mol. The van der Waals surface area contributed by atoms with Gasteiger partial charge in [-0.05, 0) is 37.2 Å². The normalized spacial score (nSPS) is 17.9. The molecule has 2 rings (SSSR count). The molecule has 1 aromatic heterocycles. The van der Waals surface area contributed by atoms with Gasteiger partial charge in [0.25, 0.3) is 5.91 Å². The van der Waals surface area contributed by atoms with Crippen molar-refractivity contribution in [3.05, 3.63) is 16.0 Å². The van der Waals surface area contributed by atoms with Gasteiger partial charge in [0.2, 0.25) is 5.91 Å². The van der Waals surface area contributed by atoms with E-state index in [-0.39, 0.29) is 5.91 Å². The minimum absolute atomic E-state index is 0.0448. The third-order valence-corrected chi connectivity index (χ3v) is 4.66. The summed E-state index contributed by atoms with van der Waals surface area (Å²) in [5.74, 6) is 0.154. The van der Waals surface area contributed by atoms with Gasteiger partial charge < -0.3 is 11.1 Å². The summed E-state index contributed by atoms with van der Waals surface area (Å²) in [6.45, 7) is 4.16. The van der Waals surface area contributed by atoms with Crippen molar-refractivity contribution in [2.24, 2.45) is 11.7 Å². The maximum Gasteiger partial charge on any atom is 0.251 e. The van der Waals surface area contributed by atoms with Gasteiger partial charge in [-0.1, -0.05) is 13.8 Å². The Hall–Kier alpha value is -1.36. The third kappa shape index (κ3) is 2.97. The average Bonchev–Trinajstić information content (AvgIpc) is 2.65. The van der Waals surface area contributed by atoms with Crippen LogP contribution in [-0.4, -0.2) is 11.8 Å². The SMILES string of the molecule is CCCC(=O)Nc1sc2c(c1C(N)=O)CC[C@H](C)C2. The minimum atomic E-state index is -0.432. The fourth-order valence-corrected chi connectivity index (χ4v) is 3.95. The molecular formula is C14H20N2O2S. The van der Waals surface area contributed by atoms with Gasteiger partial charge in [0.1, 0.15) is 5.00 Å². The van der Waals surface area contributed by atoms with Crippen LogP contribution in [0.1, 0.15) is 53.9 Å². The molecule has 1 heterocycles. The van der Waals surface area contributed by atoms with Crippen molar-refractivity contribution in [3.63, 3.8) is 0 Å². The summed E-state index contributed by atoms with van der Waals surface area (Å²) in [4.78, 5) is 24.6.